The molecule has 5 nitrogen and oxygen atoms in total. The summed E-state index contributed by atoms with van der Waals surface area (Å²) in [6.07, 6.45) is 1.56. The van der Waals surface area contributed by atoms with Gasteiger partial charge in [-0.3, -0.25) is 4.79 Å². The summed E-state index contributed by atoms with van der Waals surface area (Å²) in [4.78, 5) is 19.8. The normalized spacial score (nSPS) is 11.4. The zero-order valence-electron chi connectivity index (χ0n) is 11.5. The van der Waals surface area contributed by atoms with Crippen molar-refractivity contribution in [1.82, 2.24) is 15.3 Å². The predicted octanol–water partition coefficient (Wildman–Crippen LogP) is 1.97. The first-order valence-corrected chi connectivity index (χ1v) is 6.62. The van der Waals surface area contributed by atoms with Gasteiger partial charge >= 0.3 is 0 Å². The van der Waals surface area contributed by atoms with E-state index in [0.29, 0.717) is 12.2 Å². The molecule has 0 radical (unpaired) electrons. The van der Waals surface area contributed by atoms with Crippen molar-refractivity contribution in [2.24, 2.45) is 5.41 Å². The molecule has 0 aliphatic carbocycles. The quantitative estimate of drug-likeness (QED) is 0.784. The summed E-state index contributed by atoms with van der Waals surface area (Å²) in [5.74, 6) is -0.260. The number of nitrogens with one attached hydrogen (secondary N) is 1. The van der Waals surface area contributed by atoms with Gasteiger partial charge in [-0.1, -0.05) is 13.8 Å². The van der Waals surface area contributed by atoms with Crippen LogP contribution < -0.4 is 5.32 Å². The molecule has 0 atom stereocenters. The Morgan fingerprint density at radius 3 is 2.74 bits per heavy atom. The number of aromatic nitrogens is 2. The second-order valence-corrected chi connectivity index (χ2v) is 5.68. The standard InChI is InChI=1S/C13H20ClN3O2/c1-9-7-10(17-12(14)16-9)11(19)15-8-13(2,3)5-4-6-18/h7,18H,4-6,8H2,1-3H3,(H,15,19). The lowest BCUT2D eigenvalue weighted by Gasteiger charge is -2.24. The Morgan fingerprint density at radius 1 is 1.47 bits per heavy atom. The van der Waals surface area contributed by atoms with Crippen LogP contribution in [0.25, 0.3) is 0 Å². The van der Waals surface area contributed by atoms with Crippen molar-refractivity contribution in [2.45, 2.75) is 33.6 Å². The molecule has 0 saturated carbocycles. The molecule has 0 spiro atoms. The molecule has 0 fully saturated rings. The molecule has 0 aromatic carbocycles. The maximum atomic E-state index is 12.0. The van der Waals surface area contributed by atoms with E-state index >= 15 is 0 Å². The van der Waals surface area contributed by atoms with Crippen LogP contribution in [0, 0.1) is 12.3 Å². The Kier molecular flexibility index (Phi) is 5.69. The van der Waals surface area contributed by atoms with Gasteiger partial charge in [-0.05, 0) is 42.8 Å². The lowest BCUT2D eigenvalue weighted by atomic mass is 9.88. The van der Waals surface area contributed by atoms with Gasteiger partial charge in [-0.2, -0.15) is 0 Å². The molecule has 1 aromatic rings. The Hall–Kier alpha value is -1.20. The monoisotopic (exact) mass is 285 g/mol. The van der Waals surface area contributed by atoms with Crippen molar-refractivity contribution >= 4 is 17.5 Å². The van der Waals surface area contributed by atoms with Crippen LogP contribution >= 0.6 is 11.6 Å². The van der Waals surface area contributed by atoms with Gasteiger partial charge < -0.3 is 10.4 Å². The van der Waals surface area contributed by atoms with Crippen LogP contribution in [0.5, 0.6) is 0 Å². The van der Waals surface area contributed by atoms with Crippen LogP contribution in [-0.4, -0.2) is 34.1 Å². The number of carbonyl (C=O) groups is 1. The van der Waals surface area contributed by atoms with E-state index in [4.69, 9.17) is 16.7 Å². The fourth-order valence-electron chi connectivity index (χ4n) is 1.70. The minimum atomic E-state index is -0.260. The highest BCUT2D eigenvalue weighted by atomic mass is 35.5. The molecule has 0 saturated heterocycles. The summed E-state index contributed by atoms with van der Waals surface area (Å²) in [6, 6.07) is 1.60. The van der Waals surface area contributed by atoms with Gasteiger partial charge in [0, 0.05) is 18.8 Å². The predicted molar refractivity (Wildman–Crippen MR) is 74.2 cm³/mol. The molecular formula is C13H20ClN3O2. The Labute approximate surface area is 118 Å². The van der Waals surface area contributed by atoms with Crippen molar-refractivity contribution in [3.8, 4) is 0 Å². The topological polar surface area (TPSA) is 75.1 Å². The minimum Gasteiger partial charge on any atom is -0.396 e. The Bertz CT molecular complexity index is 429. The highest BCUT2D eigenvalue weighted by molar-refractivity contribution is 6.28. The molecule has 0 unspecified atom stereocenters. The SMILES string of the molecule is Cc1cc(C(=O)NCC(C)(C)CCCO)nc(Cl)n1. The van der Waals surface area contributed by atoms with Gasteiger partial charge in [-0.25, -0.2) is 9.97 Å². The van der Waals surface area contributed by atoms with Crippen molar-refractivity contribution in [3.63, 3.8) is 0 Å². The van der Waals surface area contributed by atoms with Gasteiger partial charge in [0.25, 0.3) is 5.91 Å². The second kappa shape index (κ2) is 6.82. The highest BCUT2D eigenvalue weighted by Gasteiger charge is 2.19. The Morgan fingerprint density at radius 2 is 2.16 bits per heavy atom. The number of nitrogens with zero attached hydrogens (tertiary/aromatic N) is 2. The average Bonchev–Trinajstić information content (AvgIpc) is 2.32. The zero-order valence-corrected chi connectivity index (χ0v) is 12.3. The molecule has 1 aromatic heterocycles. The van der Waals surface area contributed by atoms with Crippen LogP contribution in [0.4, 0.5) is 0 Å². The summed E-state index contributed by atoms with van der Waals surface area (Å²) < 4.78 is 0. The van der Waals surface area contributed by atoms with E-state index in [0.717, 1.165) is 12.8 Å². The smallest absolute Gasteiger partial charge is 0.270 e. The third-order valence-corrected chi connectivity index (χ3v) is 2.97. The lowest BCUT2D eigenvalue weighted by Crippen LogP contribution is -2.34. The fraction of sp³-hybridized carbons (Fsp3) is 0.615. The van der Waals surface area contributed by atoms with Gasteiger partial charge in [0.05, 0.1) is 0 Å². The molecule has 2 N–H and O–H groups in total. The lowest BCUT2D eigenvalue weighted by molar-refractivity contribution is 0.0927. The summed E-state index contributed by atoms with van der Waals surface area (Å²) in [5.41, 5.74) is 0.865. The third kappa shape index (κ3) is 5.53. The van der Waals surface area contributed by atoms with E-state index in [9.17, 15) is 4.79 Å². The van der Waals surface area contributed by atoms with Crippen molar-refractivity contribution in [3.05, 3.63) is 22.7 Å². The van der Waals surface area contributed by atoms with E-state index < -0.39 is 0 Å². The van der Waals surface area contributed by atoms with E-state index in [2.05, 4.69) is 15.3 Å². The molecular weight excluding hydrogens is 266 g/mol. The number of halogens is 1. The van der Waals surface area contributed by atoms with Gasteiger partial charge in [0.1, 0.15) is 5.69 Å². The van der Waals surface area contributed by atoms with Crippen LogP contribution in [-0.2, 0) is 0 Å². The molecule has 19 heavy (non-hydrogen) atoms. The molecule has 1 amide bonds. The van der Waals surface area contributed by atoms with E-state index in [-0.39, 0.29) is 28.9 Å². The minimum absolute atomic E-state index is 0.0652. The molecule has 0 aliphatic rings. The number of aliphatic hydroxyl groups excluding tert-OH is 1. The van der Waals surface area contributed by atoms with Gasteiger partial charge in [-0.15, -0.1) is 0 Å². The van der Waals surface area contributed by atoms with Crippen LogP contribution in [0.1, 0.15) is 42.9 Å². The van der Waals surface area contributed by atoms with E-state index in [1.807, 2.05) is 13.8 Å². The summed E-state index contributed by atoms with van der Waals surface area (Å²) in [5, 5.41) is 11.7. The molecule has 0 bridgehead atoms. The van der Waals surface area contributed by atoms with Crippen molar-refractivity contribution in [2.75, 3.05) is 13.2 Å². The number of rotatable bonds is 6. The fourth-order valence-corrected chi connectivity index (χ4v) is 1.93. The maximum Gasteiger partial charge on any atom is 0.270 e. The highest BCUT2D eigenvalue weighted by Crippen LogP contribution is 2.20. The average molecular weight is 286 g/mol. The maximum absolute atomic E-state index is 12.0. The number of aliphatic hydroxyl groups is 1. The largest absolute Gasteiger partial charge is 0.396 e. The number of aryl methyl sites for hydroxylation is 1. The molecule has 1 rings (SSSR count). The second-order valence-electron chi connectivity index (χ2n) is 5.34. The molecule has 106 valence electrons. The molecule has 1 heterocycles. The van der Waals surface area contributed by atoms with Crippen LogP contribution in [0.3, 0.4) is 0 Å². The van der Waals surface area contributed by atoms with Crippen LogP contribution in [0.2, 0.25) is 5.28 Å². The number of amides is 1. The Balaban J connectivity index is 2.60. The summed E-state index contributed by atoms with van der Waals surface area (Å²) in [7, 11) is 0. The number of hydrogen-bond acceptors (Lipinski definition) is 4. The van der Waals surface area contributed by atoms with Gasteiger partial charge in [0.15, 0.2) is 0 Å². The first kappa shape index (κ1) is 15.9. The van der Waals surface area contributed by atoms with E-state index in [1.54, 1.807) is 13.0 Å². The summed E-state index contributed by atoms with van der Waals surface area (Å²) >= 11 is 5.72. The summed E-state index contributed by atoms with van der Waals surface area (Å²) in [6.45, 7) is 6.53. The third-order valence-electron chi connectivity index (χ3n) is 2.80. The first-order chi connectivity index (χ1) is 8.84. The molecule has 0 aliphatic heterocycles. The first-order valence-electron chi connectivity index (χ1n) is 6.24. The van der Waals surface area contributed by atoms with Crippen LogP contribution in [0.15, 0.2) is 6.07 Å². The van der Waals surface area contributed by atoms with E-state index in [1.165, 1.54) is 0 Å². The number of carbonyl (C=O) groups excluding carboxylic acids is 1. The molecule has 6 heteroatoms. The zero-order chi connectivity index (χ0) is 14.5. The number of hydrogen-bond donors (Lipinski definition) is 2. The van der Waals surface area contributed by atoms with Gasteiger partial charge in [0.2, 0.25) is 5.28 Å². The van der Waals surface area contributed by atoms with Crippen molar-refractivity contribution < 1.29 is 9.90 Å². The van der Waals surface area contributed by atoms with Crippen molar-refractivity contribution in [1.29, 1.82) is 0 Å².